The van der Waals surface area contributed by atoms with Gasteiger partial charge in [-0.05, 0) is 32.0 Å². The van der Waals surface area contributed by atoms with Gasteiger partial charge in [-0.3, -0.25) is 4.79 Å². The van der Waals surface area contributed by atoms with E-state index in [-0.39, 0.29) is 11.9 Å². The molecule has 1 atom stereocenters. The third-order valence-corrected chi connectivity index (χ3v) is 4.36. The van der Waals surface area contributed by atoms with Gasteiger partial charge in [0.15, 0.2) is 0 Å². The maximum Gasteiger partial charge on any atom is 0.253 e. The van der Waals surface area contributed by atoms with Crippen molar-refractivity contribution in [3.63, 3.8) is 0 Å². The number of anilines is 1. The molecule has 0 saturated carbocycles. The van der Waals surface area contributed by atoms with Gasteiger partial charge in [0.25, 0.3) is 5.91 Å². The van der Waals surface area contributed by atoms with Gasteiger partial charge >= 0.3 is 0 Å². The second kappa shape index (κ2) is 6.91. The molecule has 0 saturated heterocycles. The number of carbonyl (C=O) groups is 1. The standard InChI is InChI=1S/C15H18ClN3OS/c1-9(6-11-5-4-10(2)21-11)19-15(20)12-7-14(17-3)18-8-13(12)16/h4-5,7-9H,6H2,1-3H3,(H,17,18)(H,19,20). The third-order valence-electron chi connectivity index (χ3n) is 3.04. The normalized spacial score (nSPS) is 12.0. The molecule has 6 heteroatoms. The molecule has 0 bridgehead atoms. The van der Waals surface area contributed by atoms with Crippen molar-refractivity contribution >= 4 is 34.7 Å². The molecule has 1 unspecified atom stereocenters. The van der Waals surface area contributed by atoms with Gasteiger partial charge in [0.05, 0.1) is 10.6 Å². The number of hydrogen-bond acceptors (Lipinski definition) is 4. The fraction of sp³-hybridized carbons (Fsp3) is 0.333. The number of aryl methyl sites for hydroxylation is 1. The average Bonchev–Trinajstić information content (AvgIpc) is 2.84. The summed E-state index contributed by atoms with van der Waals surface area (Å²) in [6, 6.07) is 5.88. The summed E-state index contributed by atoms with van der Waals surface area (Å²) in [4.78, 5) is 18.9. The van der Waals surface area contributed by atoms with Crippen molar-refractivity contribution in [2.75, 3.05) is 12.4 Å². The Morgan fingerprint density at radius 1 is 1.48 bits per heavy atom. The monoisotopic (exact) mass is 323 g/mol. The van der Waals surface area contributed by atoms with E-state index in [4.69, 9.17) is 11.6 Å². The smallest absolute Gasteiger partial charge is 0.253 e. The Bertz CT molecular complexity index is 642. The summed E-state index contributed by atoms with van der Waals surface area (Å²) in [5.41, 5.74) is 0.435. The maximum atomic E-state index is 12.3. The Hall–Kier alpha value is -1.59. The van der Waals surface area contributed by atoms with Crippen LogP contribution in [0.2, 0.25) is 5.02 Å². The third kappa shape index (κ3) is 4.19. The van der Waals surface area contributed by atoms with Crippen molar-refractivity contribution in [2.24, 2.45) is 0 Å². The van der Waals surface area contributed by atoms with Crippen molar-refractivity contribution in [3.05, 3.63) is 44.7 Å². The van der Waals surface area contributed by atoms with E-state index < -0.39 is 0 Å². The van der Waals surface area contributed by atoms with Crippen LogP contribution in [0, 0.1) is 6.92 Å². The van der Waals surface area contributed by atoms with Crippen LogP contribution in [-0.2, 0) is 6.42 Å². The van der Waals surface area contributed by atoms with E-state index >= 15 is 0 Å². The van der Waals surface area contributed by atoms with Crippen LogP contribution in [0.1, 0.15) is 27.0 Å². The predicted octanol–water partition coefficient (Wildman–Crippen LogP) is 3.51. The summed E-state index contributed by atoms with van der Waals surface area (Å²) in [6.07, 6.45) is 2.29. The molecule has 0 radical (unpaired) electrons. The molecule has 2 aromatic rings. The van der Waals surface area contributed by atoms with Crippen molar-refractivity contribution in [2.45, 2.75) is 26.3 Å². The number of carbonyl (C=O) groups excluding carboxylic acids is 1. The lowest BCUT2D eigenvalue weighted by Gasteiger charge is -2.14. The summed E-state index contributed by atoms with van der Waals surface area (Å²) in [5.74, 6) is 0.436. The molecule has 0 aliphatic rings. The van der Waals surface area contributed by atoms with Gasteiger partial charge in [-0.25, -0.2) is 4.98 Å². The van der Waals surface area contributed by atoms with Gasteiger partial charge in [-0.15, -0.1) is 11.3 Å². The first-order valence-electron chi connectivity index (χ1n) is 6.69. The number of nitrogens with zero attached hydrogens (tertiary/aromatic N) is 1. The Morgan fingerprint density at radius 3 is 2.86 bits per heavy atom. The number of nitrogens with one attached hydrogen (secondary N) is 2. The zero-order chi connectivity index (χ0) is 15.4. The minimum absolute atomic E-state index is 0.0396. The van der Waals surface area contributed by atoms with E-state index in [1.54, 1.807) is 24.5 Å². The highest BCUT2D eigenvalue weighted by molar-refractivity contribution is 7.11. The number of amides is 1. The van der Waals surface area contributed by atoms with E-state index in [2.05, 4.69) is 34.7 Å². The van der Waals surface area contributed by atoms with E-state index in [1.807, 2.05) is 6.92 Å². The highest BCUT2D eigenvalue weighted by Gasteiger charge is 2.15. The molecule has 0 aromatic carbocycles. The number of pyridine rings is 1. The Kier molecular flexibility index (Phi) is 5.20. The van der Waals surface area contributed by atoms with Crippen LogP contribution in [0.4, 0.5) is 5.82 Å². The predicted molar refractivity (Wildman–Crippen MR) is 88.5 cm³/mol. The van der Waals surface area contributed by atoms with Crippen molar-refractivity contribution in [1.82, 2.24) is 10.3 Å². The van der Waals surface area contributed by atoms with Crippen molar-refractivity contribution in [3.8, 4) is 0 Å². The highest BCUT2D eigenvalue weighted by Crippen LogP contribution is 2.19. The van der Waals surface area contributed by atoms with E-state index in [9.17, 15) is 4.79 Å². The quantitative estimate of drug-likeness (QED) is 0.885. The first-order chi connectivity index (χ1) is 9.99. The van der Waals surface area contributed by atoms with Gasteiger partial charge in [0.2, 0.25) is 0 Å². The molecule has 0 aliphatic heterocycles. The van der Waals surface area contributed by atoms with Crippen LogP contribution >= 0.6 is 22.9 Å². The number of thiophene rings is 1. The van der Waals surface area contributed by atoms with Crippen LogP contribution in [-0.4, -0.2) is 24.0 Å². The van der Waals surface area contributed by atoms with Crippen molar-refractivity contribution < 1.29 is 4.79 Å². The highest BCUT2D eigenvalue weighted by atomic mass is 35.5. The lowest BCUT2D eigenvalue weighted by Crippen LogP contribution is -2.34. The fourth-order valence-electron chi connectivity index (χ4n) is 2.00. The SMILES string of the molecule is CNc1cc(C(=O)NC(C)Cc2ccc(C)s2)c(Cl)cn1. The fourth-order valence-corrected chi connectivity index (χ4v) is 3.21. The molecule has 112 valence electrons. The molecule has 2 rings (SSSR count). The molecule has 0 aliphatic carbocycles. The Balaban J connectivity index is 2.03. The molecule has 0 spiro atoms. The second-order valence-electron chi connectivity index (χ2n) is 4.89. The van der Waals surface area contributed by atoms with Gasteiger partial charge in [0, 0.05) is 35.5 Å². The number of hydrogen-bond donors (Lipinski definition) is 2. The van der Waals surface area contributed by atoms with E-state index in [1.165, 1.54) is 16.0 Å². The van der Waals surface area contributed by atoms with Gasteiger partial charge < -0.3 is 10.6 Å². The first-order valence-corrected chi connectivity index (χ1v) is 7.88. The number of aromatic nitrogens is 1. The van der Waals surface area contributed by atoms with Gasteiger partial charge in [-0.2, -0.15) is 0 Å². The summed E-state index contributed by atoms with van der Waals surface area (Å²) in [7, 11) is 1.75. The summed E-state index contributed by atoms with van der Waals surface area (Å²) >= 11 is 7.80. The van der Waals surface area contributed by atoms with E-state index in [0.717, 1.165) is 6.42 Å². The zero-order valence-electron chi connectivity index (χ0n) is 12.2. The lowest BCUT2D eigenvalue weighted by molar-refractivity contribution is 0.0940. The Labute approximate surface area is 133 Å². The number of halogens is 1. The second-order valence-corrected chi connectivity index (χ2v) is 6.67. The maximum absolute atomic E-state index is 12.3. The minimum atomic E-state index is -0.181. The van der Waals surface area contributed by atoms with Crippen LogP contribution < -0.4 is 10.6 Å². The number of rotatable bonds is 5. The molecular formula is C15H18ClN3OS. The van der Waals surface area contributed by atoms with Gasteiger partial charge in [-0.1, -0.05) is 11.6 Å². The molecule has 0 fully saturated rings. The molecule has 21 heavy (non-hydrogen) atoms. The zero-order valence-corrected chi connectivity index (χ0v) is 13.8. The molecule has 2 N–H and O–H groups in total. The molecular weight excluding hydrogens is 306 g/mol. The summed E-state index contributed by atoms with van der Waals surface area (Å²) in [5, 5.41) is 6.22. The van der Waals surface area contributed by atoms with Crippen LogP contribution in [0.5, 0.6) is 0 Å². The van der Waals surface area contributed by atoms with Gasteiger partial charge in [0.1, 0.15) is 5.82 Å². The van der Waals surface area contributed by atoms with Crippen LogP contribution in [0.25, 0.3) is 0 Å². The molecule has 4 nitrogen and oxygen atoms in total. The minimum Gasteiger partial charge on any atom is -0.373 e. The topological polar surface area (TPSA) is 54.0 Å². The lowest BCUT2D eigenvalue weighted by atomic mass is 10.1. The average molecular weight is 324 g/mol. The molecule has 2 aromatic heterocycles. The Morgan fingerprint density at radius 2 is 2.24 bits per heavy atom. The first kappa shape index (κ1) is 15.8. The van der Waals surface area contributed by atoms with Crippen LogP contribution in [0.15, 0.2) is 24.4 Å². The van der Waals surface area contributed by atoms with Crippen molar-refractivity contribution in [1.29, 1.82) is 0 Å². The molecule has 1 amide bonds. The van der Waals surface area contributed by atoms with E-state index in [0.29, 0.717) is 16.4 Å². The molecule has 2 heterocycles. The van der Waals surface area contributed by atoms with Crippen LogP contribution in [0.3, 0.4) is 0 Å². The summed E-state index contributed by atoms with van der Waals surface area (Å²) in [6.45, 7) is 4.06. The largest absolute Gasteiger partial charge is 0.373 e. The summed E-state index contributed by atoms with van der Waals surface area (Å²) < 4.78 is 0.